The zero-order valence-electron chi connectivity index (χ0n) is 7.59. The van der Waals surface area contributed by atoms with Gasteiger partial charge in [-0.3, -0.25) is 0 Å². The number of alkyl halides is 1. The first-order valence-corrected chi connectivity index (χ1v) is 4.82. The molecule has 1 heterocycles. The molecule has 2 atom stereocenters. The number of rotatable bonds is 2. The molecule has 0 aromatic carbocycles. The lowest BCUT2D eigenvalue weighted by Crippen LogP contribution is -2.47. The van der Waals surface area contributed by atoms with Crippen molar-refractivity contribution in [3.63, 3.8) is 0 Å². The van der Waals surface area contributed by atoms with Gasteiger partial charge in [-0.15, -0.1) is 11.6 Å². The van der Waals surface area contributed by atoms with Crippen molar-refractivity contribution in [2.75, 3.05) is 19.8 Å². The largest absolute Gasteiger partial charge is 0.450 e. The van der Waals surface area contributed by atoms with E-state index in [1.807, 2.05) is 0 Å². The fourth-order valence-corrected chi connectivity index (χ4v) is 1.39. The first kappa shape index (κ1) is 10.6. The van der Waals surface area contributed by atoms with Gasteiger partial charge in [0.05, 0.1) is 24.6 Å². The average molecular weight is 208 g/mol. The molecule has 1 aliphatic rings. The van der Waals surface area contributed by atoms with Gasteiger partial charge in [-0.25, -0.2) is 4.79 Å². The minimum Gasteiger partial charge on any atom is -0.450 e. The van der Waals surface area contributed by atoms with Crippen LogP contribution in [0.25, 0.3) is 0 Å². The Hall–Kier alpha value is -0.480. The van der Waals surface area contributed by atoms with Gasteiger partial charge in [-0.05, 0) is 13.3 Å². The molecule has 1 fully saturated rings. The van der Waals surface area contributed by atoms with Crippen molar-refractivity contribution in [3.8, 4) is 0 Å². The van der Waals surface area contributed by atoms with E-state index in [0.717, 1.165) is 6.42 Å². The van der Waals surface area contributed by atoms with E-state index < -0.39 is 6.09 Å². The van der Waals surface area contributed by atoms with Crippen LogP contribution in [0.15, 0.2) is 0 Å². The van der Waals surface area contributed by atoms with Gasteiger partial charge in [0.1, 0.15) is 0 Å². The maximum absolute atomic E-state index is 11.0. The van der Waals surface area contributed by atoms with Gasteiger partial charge in [0.15, 0.2) is 0 Å². The molecule has 0 aromatic heterocycles. The van der Waals surface area contributed by atoms with Crippen molar-refractivity contribution in [2.45, 2.75) is 24.8 Å². The van der Waals surface area contributed by atoms with Crippen LogP contribution in [0, 0.1) is 0 Å². The zero-order valence-corrected chi connectivity index (χ0v) is 8.34. The highest BCUT2D eigenvalue weighted by atomic mass is 35.5. The zero-order chi connectivity index (χ0) is 9.68. The lowest BCUT2D eigenvalue weighted by Gasteiger charge is -2.27. The molecule has 1 rings (SSSR count). The summed E-state index contributed by atoms with van der Waals surface area (Å²) in [6.45, 7) is 3.25. The minimum absolute atomic E-state index is 0.0573. The smallest absolute Gasteiger partial charge is 0.407 e. The molecule has 0 radical (unpaired) electrons. The summed E-state index contributed by atoms with van der Waals surface area (Å²) in [5.74, 6) is 0. The first-order chi connectivity index (χ1) is 6.24. The predicted molar refractivity (Wildman–Crippen MR) is 49.0 cm³/mol. The quantitative estimate of drug-likeness (QED) is 0.691. The molecule has 0 aliphatic carbocycles. The number of carbonyl (C=O) groups is 1. The second kappa shape index (κ2) is 5.29. The number of hydrogen-bond donors (Lipinski definition) is 1. The lowest BCUT2D eigenvalue weighted by atomic mass is 10.1. The third-order valence-corrected chi connectivity index (χ3v) is 2.37. The number of hydrogen-bond acceptors (Lipinski definition) is 3. The maximum Gasteiger partial charge on any atom is 0.407 e. The molecule has 13 heavy (non-hydrogen) atoms. The van der Waals surface area contributed by atoms with Crippen LogP contribution in [0.4, 0.5) is 4.79 Å². The van der Waals surface area contributed by atoms with E-state index in [0.29, 0.717) is 19.8 Å². The van der Waals surface area contributed by atoms with Gasteiger partial charge in [0.25, 0.3) is 0 Å². The Morgan fingerprint density at radius 3 is 3.15 bits per heavy atom. The number of nitrogens with one attached hydrogen (secondary N) is 1. The highest BCUT2D eigenvalue weighted by Gasteiger charge is 2.25. The highest BCUT2D eigenvalue weighted by Crippen LogP contribution is 2.13. The first-order valence-electron chi connectivity index (χ1n) is 4.39. The molecule has 5 heteroatoms. The molecule has 1 N–H and O–H groups in total. The van der Waals surface area contributed by atoms with Gasteiger partial charge in [-0.2, -0.15) is 0 Å². The molecule has 1 amide bonds. The molecular formula is C8H14ClNO3. The number of ether oxygens (including phenoxy) is 2. The molecular weight excluding hydrogens is 194 g/mol. The van der Waals surface area contributed by atoms with Crippen LogP contribution < -0.4 is 5.32 Å². The van der Waals surface area contributed by atoms with Crippen LogP contribution in [0.2, 0.25) is 0 Å². The lowest BCUT2D eigenvalue weighted by molar-refractivity contribution is 0.0680. The monoisotopic (exact) mass is 207 g/mol. The van der Waals surface area contributed by atoms with Gasteiger partial charge in [0.2, 0.25) is 0 Å². The minimum atomic E-state index is -0.427. The van der Waals surface area contributed by atoms with Crippen molar-refractivity contribution >= 4 is 17.7 Å². The third-order valence-electron chi connectivity index (χ3n) is 1.85. The summed E-state index contributed by atoms with van der Waals surface area (Å²) in [5, 5.41) is 2.59. The Morgan fingerprint density at radius 2 is 2.54 bits per heavy atom. The predicted octanol–water partition coefficient (Wildman–Crippen LogP) is 1.13. The number of alkyl carbamates (subject to hydrolysis) is 1. The number of amides is 1. The van der Waals surface area contributed by atoms with Gasteiger partial charge in [0, 0.05) is 6.61 Å². The molecule has 1 saturated heterocycles. The van der Waals surface area contributed by atoms with Crippen LogP contribution in [0.3, 0.4) is 0 Å². The van der Waals surface area contributed by atoms with Crippen molar-refractivity contribution in [1.82, 2.24) is 5.32 Å². The summed E-state index contributed by atoms with van der Waals surface area (Å²) >= 11 is 5.98. The Balaban J connectivity index is 2.29. The molecule has 0 aromatic rings. The molecule has 0 spiro atoms. The van der Waals surface area contributed by atoms with Crippen LogP contribution in [-0.2, 0) is 9.47 Å². The van der Waals surface area contributed by atoms with Crippen molar-refractivity contribution < 1.29 is 14.3 Å². The van der Waals surface area contributed by atoms with Crippen LogP contribution in [0.5, 0.6) is 0 Å². The fraction of sp³-hybridized carbons (Fsp3) is 0.875. The Bertz CT molecular complexity index is 177. The van der Waals surface area contributed by atoms with E-state index >= 15 is 0 Å². The van der Waals surface area contributed by atoms with Crippen molar-refractivity contribution in [2.24, 2.45) is 0 Å². The SMILES string of the molecule is CCOC(=O)N[C@H]1COCC[C@@H]1Cl. The van der Waals surface area contributed by atoms with E-state index in [1.54, 1.807) is 6.92 Å². The van der Waals surface area contributed by atoms with Crippen molar-refractivity contribution in [1.29, 1.82) is 0 Å². The molecule has 0 saturated carbocycles. The second-order valence-electron chi connectivity index (χ2n) is 2.85. The van der Waals surface area contributed by atoms with E-state index in [1.165, 1.54) is 0 Å². The number of carbonyl (C=O) groups excluding carboxylic acids is 1. The Labute approximate surface area is 82.5 Å². The van der Waals surface area contributed by atoms with Gasteiger partial charge >= 0.3 is 6.09 Å². The standard InChI is InChI=1S/C8H14ClNO3/c1-2-13-8(11)10-7-5-12-4-3-6(7)9/h6-7H,2-5H2,1H3,(H,10,11)/t6-,7-/m0/s1. The summed E-state index contributed by atoms with van der Waals surface area (Å²) in [6.07, 6.45) is 0.335. The summed E-state index contributed by atoms with van der Waals surface area (Å²) in [5.41, 5.74) is 0. The summed E-state index contributed by atoms with van der Waals surface area (Å²) < 4.78 is 9.91. The van der Waals surface area contributed by atoms with Gasteiger partial charge in [-0.1, -0.05) is 0 Å². The summed E-state index contributed by atoms with van der Waals surface area (Å²) in [6, 6.07) is -0.130. The highest BCUT2D eigenvalue weighted by molar-refractivity contribution is 6.21. The normalized spacial score (nSPS) is 28.2. The fourth-order valence-electron chi connectivity index (χ4n) is 1.17. The second-order valence-corrected chi connectivity index (χ2v) is 3.41. The van der Waals surface area contributed by atoms with Gasteiger partial charge < -0.3 is 14.8 Å². The number of halogens is 1. The van der Waals surface area contributed by atoms with E-state index in [4.69, 9.17) is 21.1 Å². The molecule has 76 valence electrons. The van der Waals surface area contributed by atoms with E-state index in [2.05, 4.69) is 5.32 Å². The Kier molecular flexibility index (Phi) is 4.32. The van der Waals surface area contributed by atoms with Crippen LogP contribution in [0.1, 0.15) is 13.3 Å². The van der Waals surface area contributed by atoms with Crippen LogP contribution >= 0.6 is 11.6 Å². The van der Waals surface area contributed by atoms with E-state index in [-0.39, 0.29) is 11.4 Å². The average Bonchev–Trinajstić information content (AvgIpc) is 2.09. The maximum atomic E-state index is 11.0. The topological polar surface area (TPSA) is 47.6 Å². The summed E-state index contributed by atoms with van der Waals surface area (Å²) in [7, 11) is 0. The summed E-state index contributed by atoms with van der Waals surface area (Å²) in [4.78, 5) is 11.0. The van der Waals surface area contributed by atoms with E-state index in [9.17, 15) is 4.79 Å². The molecule has 1 aliphatic heterocycles. The van der Waals surface area contributed by atoms with Crippen LogP contribution in [-0.4, -0.2) is 37.3 Å². The third kappa shape index (κ3) is 3.40. The molecule has 4 nitrogen and oxygen atoms in total. The Morgan fingerprint density at radius 1 is 1.77 bits per heavy atom. The molecule has 0 unspecified atom stereocenters. The molecule has 0 bridgehead atoms. The van der Waals surface area contributed by atoms with Crippen molar-refractivity contribution in [3.05, 3.63) is 0 Å².